The van der Waals surface area contributed by atoms with Gasteiger partial charge < -0.3 is 15.0 Å². The average Bonchev–Trinajstić information content (AvgIpc) is 2.86. The summed E-state index contributed by atoms with van der Waals surface area (Å²) in [6.07, 6.45) is -4.19. The normalized spacial score (nSPS) is 11.8. The zero-order valence-corrected chi connectivity index (χ0v) is 11.3. The second kappa shape index (κ2) is 6.13. The van der Waals surface area contributed by atoms with E-state index in [-0.39, 0.29) is 24.7 Å². The Hall–Kier alpha value is -2.09. The summed E-state index contributed by atoms with van der Waals surface area (Å²) in [4.78, 5) is 4.09. The quantitative estimate of drug-likeness (QED) is 0.679. The molecule has 0 atom stereocenters. The van der Waals surface area contributed by atoms with Crippen LogP contribution in [0.1, 0.15) is 11.4 Å². The summed E-state index contributed by atoms with van der Waals surface area (Å²) in [5.74, 6) is 0.554. The van der Waals surface area contributed by atoms with E-state index in [0.717, 1.165) is 5.56 Å². The Morgan fingerprint density at radius 3 is 2.76 bits per heavy atom. The standard InChI is InChI=1S/C13H14F3N3O2/c1-8-2-3-9(6-10(8)17)12-18-11(19-21-12)4-5-20-7-13(14,15)16/h2-3,6H,4-5,7,17H2,1H3. The van der Waals surface area contributed by atoms with Crippen molar-refractivity contribution < 1.29 is 22.4 Å². The average molecular weight is 301 g/mol. The number of nitrogen functional groups attached to an aromatic ring is 1. The molecular weight excluding hydrogens is 287 g/mol. The molecule has 0 saturated heterocycles. The number of aryl methyl sites for hydroxylation is 1. The van der Waals surface area contributed by atoms with Gasteiger partial charge in [0.25, 0.3) is 5.89 Å². The maximum absolute atomic E-state index is 11.9. The molecule has 2 aromatic rings. The van der Waals surface area contributed by atoms with Gasteiger partial charge in [0.1, 0.15) is 6.61 Å². The van der Waals surface area contributed by atoms with Crippen LogP contribution < -0.4 is 5.73 Å². The Balaban J connectivity index is 1.93. The number of nitrogens with zero attached hydrogens (tertiary/aromatic N) is 2. The van der Waals surface area contributed by atoms with E-state index in [1.165, 1.54) is 0 Å². The number of anilines is 1. The van der Waals surface area contributed by atoms with Crippen LogP contribution in [0.25, 0.3) is 11.5 Å². The SMILES string of the molecule is Cc1ccc(-c2nc(CCOCC(F)(F)F)no2)cc1N. The molecule has 0 unspecified atom stereocenters. The highest BCUT2D eigenvalue weighted by Gasteiger charge is 2.27. The van der Waals surface area contributed by atoms with Crippen LogP contribution >= 0.6 is 0 Å². The van der Waals surface area contributed by atoms with Crippen LogP contribution in [0.15, 0.2) is 22.7 Å². The van der Waals surface area contributed by atoms with E-state index in [1.54, 1.807) is 12.1 Å². The van der Waals surface area contributed by atoms with Crippen molar-refractivity contribution in [2.75, 3.05) is 18.9 Å². The van der Waals surface area contributed by atoms with Gasteiger partial charge in [0.2, 0.25) is 0 Å². The van der Waals surface area contributed by atoms with Crippen molar-refractivity contribution in [2.45, 2.75) is 19.5 Å². The molecule has 2 N–H and O–H groups in total. The fraction of sp³-hybridized carbons (Fsp3) is 0.385. The molecule has 0 aliphatic carbocycles. The number of rotatable bonds is 5. The summed E-state index contributed by atoms with van der Waals surface area (Å²) in [7, 11) is 0. The van der Waals surface area contributed by atoms with Gasteiger partial charge in [0, 0.05) is 17.7 Å². The van der Waals surface area contributed by atoms with Crippen molar-refractivity contribution in [3.63, 3.8) is 0 Å². The predicted octanol–water partition coefficient (Wildman–Crippen LogP) is 2.75. The Bertz CT molecular complexity index is 611. The first-order valence-electron chi connectivity index (χ1n) is 6.19. The zero-order chi connectivity index (χ0) is 15.5. The van der Waals surface area contributed by atoms with Crippen molar-refractivity contribution >= 4 is 5.69 Å². The van der Waals surface area contributed by atoms with Gasteiger partial charge in [-0.25, -0.2) is 0 Å². The third-order valence-electron chi connectivity index (χ3n) is 2.73. The lowest BCUT2D eigenvalue weighted by Crippen LogP contribution is -2.18. The number of aromatic nitrogens is 2. The zero-order valence-electron chi connectivity index (χ0n) is 11.3. The Labute approximate surface area is 118 Å². The summed E-state index contributed by atoms with van der Waals surface area (Å²) in [5.41, 5.74) is 7.98. The Morgan fingerprint density at radius 2 is 2.10 bits per heavy atom. The summed E-state index contributed by atoms with van der Waals surface area (Å²) in [5, 5.41) is 3.69. The molecule has 2 rings (SSSR count). The molecule has 1 aromatic carbocycles. The van der Waals surface area contributed by atoms with Gasteiger partial charge >= 0.3 is 6.18 Å². The minimum atomic E-state index is -4.33. The molecule has 5 nitrogen and oxygen atoms in total. The van der Waals surface area contributed by atoms with Gasteiger partial charge in [0.15, 0.2) is 5.82 Å². The van der Waals surface area contributed by atoms with Gasteiger partial charge in [-0.3, -0.25) is 0 Å². The highest BCUT2D eigenvalue weighted by Crippen LogP contribution is 2.22. The minimum absolute atomic E-state index is 0.130. The molecule has 0 aliphatic heterocycles. The first-order chi connectivity index (χ1) is 9.85. The third kappa shape index (κ3) is 4.45. The Morgan fingerprint density at radius 1 is 1.33 bits per heavy atom. The van der Waals surface area contributed by atoms with Crippen molar-refractivity contribution in [3.8, 4) is 11.5 Å². The first-order valence-corrected chi connectivity index (χ1v) is 6.19. The van der Waals surface area contributed by atoms with Crippen molar-refractivity contribution in [1.29, 1.82) is 0 Å². The van der Waals surface area contributed by atoms with Gasteiger partial charge in [-0.15, -0.1) is 0 Å². The number of alkyl halides is 3. The number of hydrogen-bond donors (Lipinski definition) is 1. The van der Waals surface area contributed by atoms with Crippen LogP contribution in [0.5, 0.6) is 0 Å². The Kier molecular flexibility index (Phi) is 4.46. The number of halogens is 3. The maximum atomic E-state index is 11.9. The lowest BCUT2D eigenvalue weighted by Gasteiger charge is -2.05. The summed E-state index contributed by atoms with van der Waals surface area (Å²) in [6, 6.07) is 5.30. The molecular formula is C13H14F3N3O2. The third-order valence-corrected chi connectivity index (χ3v) is 2.73. The van der Waals surface area contributed by atoms with E-state index in [4.69, 9.17) is 10.3 Å². The van der Waals surface area contributed by atoms with Gasteiger partial charge in [0.05, 0.1) is 6.61 Å². The van der Waals surface area contributed by atoms with Crippen LogP contribution in [0.3, 0.4) is 0 Å². The molecule has 8 heteroatoms. The molecule has 0 bridgehead atoms. The monoisotopic (exact) mass is 301 g/mol. The molecule has 21 heavy (non-hydrogen) atoms. The number of hydrogen-bond acceptors (Lipinski definition) is 5. The van der Waals surface area contributed by atoms with Crippen LogP contribution in [0.4, 0.5) is 18.9 Å². The van der Waals surface area contributed by atoms with E-state index in [2.05, 4.69) is 14.9 Å². The van der Waals surface area contributed by atoms with E-state index in [9.17, 15) is 13.2 Å². The second-order valence-corrected chi connectivity index (χ2v) is 4.50. The summed E-state index contributed by atoms with van der Waals surface area (Å²) < 4.78 is 45.2. The van der Waals surface area contributed by atoms with E-state index in [0.29, 0.717) is 11.3 Å². The van der Waals surface area contributed by atoms with Crippen molar-refractivity contribution in [1.82, 2.24) is 10.1 Å². The highest BCUT2D eigenvalue weighted by molar-refractivity contribution is 5.62. The van der Waals surface area contributed by atoms with E-state index in [1.807, 2.05) is 13.0 Å². The lowest BCUT2D eigenvalue weighted by atomic mass is 10.1. The van der Waals surface area contributed by atoms with Crippen LogP contribution in [0.2, 0.25) is 0 Å². The molecule has 0 radical (unpaired) electrons. The fourth-order valence-electron chi connectivity index (χ4n) is 1.60. The summed E-state index contributed by atoms with van der Waals surface area (Å²) in [6.45, 7) is 0.455. The molecule has 0 fully saturated rings. The largest absolute Gasteiger partial charge is 0.411 e. The topological polar surface area (TPSA) is 74.2 Å². The molecule has 1 heterocycles. The number of ether oxygens (including phenoxy) is 1. The second-order valence-electron chi connectivity index (χ2n) is 4.50. The van der Waals surface area contributed by atoms with E-state index >= 15 is 0 Å². The molecule has 1 aromatic heterocycles. The predicted molar refractivity (Wildman–Crippen MR) is 69.5 cm³/mol. The maximum Gasteiger partial charge on any atom is 0.411 e. The highest BCUT2D eigenvalue weighted by atomic mass is 19.4. The van der Waals surface area contributed by atoms with Gasteiger partial charge in [-0.2, -0.15) is 18.2 Å². The summed E-state index contributed by atoms with van der Waals surface area (Å²) >= 11 is 0. The number of benzene rings is 1. The molecule has 0 amide bonds. The van der Waals surface area contributed by atoms with Crippen LogP contribution in [-0.2, 0) is 11.2 Å². The van der Waals surface area contributed by atoms with Gasteiger partial charge in [-0.05, 0) is 24.6 Å². The lowest BCUT2D eigenvalue weighted by molar-refractivity contribution is -0.173. The molecule has 0 aliphatic rings. The van der Waals surface area contributed by atoms with Crippen molar-refractivity contribution in [2.24, 2.45) is 0 Å². The minimum Gasteiger partial charge on any atom is -0.398 e. The van der Waals surface area contributed by atoms with E-state index < -0.39 is 12.8 Å². The number of nitrogens with two attached hydrogens (primary N) is 1. The van der Waals surface area contributed by atoms with Crippen molar-refractivity contribution in [3.05, 3.63) is 29.6 Å². The first kappa shape index (κ1) is 15.3. The van der Waals surface area contributed by atoms with Crippen LogP contribution in [-0.4, -0.2) is 29.5 Å². The fourth-order valence-corrected chi connectivity index (χ4v) is 1.60. The molecule has 114 valence electrons. The van der Waals surface area contributed by atoms with Gasteiger partial charge in [-0.1, -0.05) is 11.2 Å². The molecule has 0 saturated carbocycles. The van der Waals surface area contributed by atoms with Crippen LogP contribution in [0, 0.1) is 6.92 Å². The molecule has 0 spiro atoms. The smallest absolute Gasteiger partial charge is 0.398 e.